The van der Waals surface area contributed by atoms with Gasteiger partial charge in [-0.1, -0.05) is 24.3 Å². The summed E-state index contributed by atoms with van der Waals surface area (Å²) in [5.41, 5.74) is 2.78. The van der Waals surface area contributed by atoms with Crippen LogP contribution < -0.4 is 20.3 Å². The Morgan fingerprint density at radius 3 is 2.73 bits per heavy atom. The van der Waals surface area contributed by atoms with Crippen LogP contribution in [0.15, 0.2) is 72.8 Å². The molecule has 2 aliphatic rings. The molecule has 0 aliphatic carbocycles. The Hall–Kier alpha value is -3.87. The molecule has 3 aromatic rings. The van der Waals surface area contributed by atoms with E-state index in [9.17, 15) is 14.0 Å². The second kappa shape index (κ2) is 8.94. The summed E-state index contributed by atoms with van der Waals surface area (Å²) in [4.78, 5) is 27.2. The first-order valence-electron chi connectivity index (χ1n) is 11.0. The summed E-state index contributed by atoms with van der Waals surface area (Å²) < 4.78 is 18.8. The molecule has 0 saturated carbocycles. The lowest BCUT2D eigenvalue weighted by molar-refractivity contribution is -0.122. The van der Waals surface area contributed by atoms with E-state index in [1.165, 1.54) is 12.1 Å². The van der Waals surface area contributed by atoms with Crippen molar-refractivity contribution >= 4 is 23.2 Å². The highest BCUT2D eigenvalue weighted by Gasteiger charge is 2.41. The Balaban J connectivity index is 1.16. The Bertz CT molecular complexity index is 1180. The highest BCUT2D eigenvalue weighted by atomic mass is 19.1. The van der Waals surface area contributed by atoms with Crippen molar-refractivity contribution in [3.63, 3.8) is 0 Å². The number of amides is 2. The lowest BCUT2D eigenvalue weighted by Gasteiger charge is -2.32. The second-order valence-electron chi connectivity index (χ2n) is 8.38. The second-order valence-corrected chi connectivity index (χ2v) is 8.38. The minimum Gasteiger partial charge on any atom is -0.457 e. The molecule has 33 heavy (non-hydrogen) atoms. The molecule has 7 heteroatoms. The molecule has 0 aromatic heterocycles. The van der Waals surface area contributed by atoms with Crippen LogP contribution in [0.5, 0.6) is 11.5 Å². The van der Waals surface area contributed by atoms with Gasteiger partial charge in [-0.2, -0.15) is 0 Å². The molecule has 3 aromatic carbocycles. The largest absolute Gasteiger partial charge is 0.457 e. The van der Waals surface area contributed by atoms with Gasteiger partial charge >= 0.3 is 0 Å². The van der Waals surface area contributed by atoms with Crippen LogP contribution in [0, 0.1) is 5.82 Å². The van der Waals surface area contributed by atoms with E-state index in [-0.39, 0.29) is 29.7 Å². The number of para-hydroxylation sites is 2. The van der Waals surface area contributed by atoms with Crippen molar-refractivity contribution in [3.05, 3.63) is 84.2 Å². The van der Waals surface area contributed by atoms with E-state index in [1.807, 2.05) is 48.5 Å². The number of aryl methyl sites for hydroxylation is 1. The summed E-state index contributed by atoms with van der Waals surface area (Å²) in [7, 11) is 0. The normalized spacial score (nSPS) is 18.8. The number of carbonyl (C=O) groups excluding carboxylic acids is 2. The number of fused-ring (bicyclic) bond motifs is 3. The minimum absolute atomic E-state index is 0.0246. The molecule has 0 radical (unpaired) electrons. The summed E-state index contributed by atoms with van der Waals surface area (Å²) in [6.07, 6.45) is 1.49. The highest BCUT2D eigenvalue weighted by Crippen LogP contribution is 2.36. The molecule has 1 fully saturated rings. The molecule has 5 rings (SSSR count). The zero-order chi connectivity index (χ0) is 22.8. The molecule has 2 atom stereocenters. The maximum absolute atomic E-state index is 13.1. The molecule has 0 bridgehead atoms. The molecular weight excluding hydrogens is 421 g/mol. The van der Waals surface area contributed by atoms with Gasteiger partial charge in [0.1, 0.15) is 23.4 Å². The van der Waals surface area contributed by atoms with Crippen molar-refractivity contribution in [2.75, 3.05) is 16.8 Å². The summed E-state index contributed by atoms with van der Waals surface area (Å²) in [5.74, 6) is 0.804. The van der Waals surface area contributed by atoms with E-state index in [0.29, 0.717) is 37.3 Å². The first kappa shape index (κ1) is 21.0. The van der Waals surface area contributed by atoms with Gasteiger partial charge in [-0.25, -0.2) is 4.39 Å². The fourth-order valence-electron chi connectivity index (χ4n) is 4.46. The van der Waals surface area contributed by atoms with Gasteiger partial charge in [-0.05, 0) is 66.9 Å². The molecular formula is C26H24FN3O3. The van der Waals surface area contributed by atoms with Crippen molar-refractivity contribution < 1.29 is 18.7 Å². The fourth-order valence-corrected chi connectivity index (χ4v) is 4.46. The predicted molar refractivity (Wildman–Crippen MR) is 124 cm³/mol. The lowest BCUT2D eigenvalue weighted by atomic mass is 10.1. The van der Waals surface area contributed by atoms with E-state index in [0.717, 1.165) is 16.9 Å². The van der Waals surface area contributed by atoms with Gasteiger partial charge in [0.2, 0.25) is 11.8 Å². The van der Waals surface area contributed by atoms with Crippen LogP contribution in [0.4, 0.5) is 15.8 Å². The number of nitrogens with zero attached hydrogens (tertiary/aromatic N) is 1. The third-order valence-electron chi connectivity index (χ3n) is 6.03. The quantitative estimate of drug-likeness (QED) is 0.595. The van der Waals surface area contributed by atoms with Crippen molar-refractivity contribution in [2.24, 2.45) is 0 Å². The maximum Gasteiger partial charge on any atom is 0.247 e. The van der Waals surface area contributed by atoms with E-state index < -0.39 is 0 Å². The monoisotopic (exact) mass is 445 g/mol. The van der Waals surface area contributed by atoms with Crippen LogP contribution in [0.2, 0.25) is 0 Å². The molecule has 2 amide bonds. The van der Waals surface area contributed by atoms with Crippen LogP contribution in [-0.4, -0.2) is 30.4 Å². The van der Waals surface area contributed by atoms with E-state index in [1.54, 1.807) is 12.1 Å². The molecule has 1 saturated heterocycles. The van der Waals surface area contributed by atoms with E-state index >= 15 is 0 Å². The third-order valence-corrected chi connectivity index (χ3v) is 6.03. The number of benzene rings is 3. The third kappa shape index (κ3) is 4.67. The Labute approximate surface area is 191 Å². The van der Waals surface area contributed by atoms with Gasteiger partial charge in [-0.3, -0.25) is 9.59 Å². The van der Waals surface area contributed by atoms with Gasteiger partial charge in [0.15, 0.2) is 0 Å². The standard InChI is InChI=1S/C26H24FN3O3/c27-18-9-11-20(12-10-18)33-21-5-3-4-17(14-21)8-13-25(31)28-19-15-24-26(32)29-22-6-1-2-7-23(22)30(24)16-19/h1-7,9-12,14,19,24H,8,13,15-16H2,(H,28,31)(H,29,32). The van der Waals surface area contributed by atoms with Gasteiger partial charge in [0.25, 0.3) is 0 Å². The predicted octanol–water partition coefficient (Wildman–Crippen LogP) is 4.27. The summed E-state index contributed by atoms with van der Waals surface area (Å²) in [6, 6.07) is 20.8. The van der Waals surface area contributed by atoms with Crippen LogP contribution in [-0.2, 0) is 16.0 Å². The Morgan fingerprint density at radius 2 is 1.88 bits per heavy atom. The summed E-state index contributed by atoms with van der Waals surface area (Å²) in [5, 5.41) is 6.04. The number of hydrogen-bond donors (Lipinski definition) is 2. The SMILES string of the molecule is O=C(CCc1cccc(Oc2ccc(F)cc2)c1)NC1CC2C(=O)Nc3ccccc3N2C1. The molecule has 2 unspecified atom stereocenters. The smallest absolute Gasteiger partial charge is 0.247 e. The van der Waals surface area contributed by atoms with Crippen molar-refractivity contribution in [1.82, 2.24) is 5.32 Å². The van der Waals surface area contributed by atoms with E-state index in [2.05, 4.69) is 15.5 Å². The molecule has 6 nitrogen and oxygen atoms in total. The minimum atomic E-state index is -0.315. The number of hydrogen-bond acceptors (Lipinski definition) is 4. The molecule has 2 heterocycles. The molecule has 0 spiro atoms. The topological polar surface area (TPSA) is 70.7 Å². The number of anilines is 2. The van der Waals surface area contributed by atoms with E-state index in [4.69, 9.17) is 4.74 Å². The van der Waals surface area contributed by atoms with Crippen LogP contribution in [0.1, 0.15) is 18.4 Å². The van der Waals surface area contributed by atoms with Gasteiger partial charge in [-0.15, -0.1) is 0 Å². The zero-order valence-corrected chi connectivity index (χ0v) is 18.0. The van der Waals surface area contributed by atoms with Crippen LogP contribution in [0.3, 0.4) is 0 Å². The summed E-state index contributed by atoms with van der Waals surface area (Å²) in [6.45, 7) is 0.613. The number of nitrogens with one attached hydrogen (secondary N) is 2. The van der Waals surface area contributed by atoms with Gasteiger partial charge in [0.05, 0.1) is 11.4 Å². The Kier molecular flexibility index (Phi) is 5.69. The molecule has 2 N–H and O–H groups in total. The zero-order valence-electron chi connectivity index (χ0n) is 18.0. The van der Waals surface area contributed by atoms with Crippen molar-refractivity contribution in [2.45, 2.75) is 31.3 Å². The number of ether oxygens (including phenoxy) is 1. The first-order chi connectivity index (χ1) is 16.0. The lowest BCUT2D eigenvalue weighted by Crippen LogP contribution is -2.44. The van der Waals surface area contributed by atoms with Crippen molar-refractivity contribution in [3.8, 4) is 11.5 Å². The molecule has 168 valence electrons. The number of halogens is 1. The number of carbonyl (C=O) groups is 2. The number of rotatable bonds is 6. The van der Waals surface area contributed by atoms with Gasteiger partial charge in [0, 0.05) is 19.0 Å². The fraction of sp³-hybridized carbons (Fsp3) is 0.231. The Morgan fingerprint density at radius 1 is 1.06 bits per heavy atom. The first-order valence-corrected chi connectivity index (χ1v) is 11.0. The summed E-state index contributed by atoms with van der Waals surface area (Å²) >= 11 is 0. The van der Waals surface area contributed by atoms with Crippen molar-refractivity contribution in [1.29, 1.82) is 0 Å². The average Bonchev–Trinajstić information content (AvgIpc) is 3.24. The van der Waals surface area contributed by atoms with Crippen LogP contribution in [0.25, 0.3) is 0 Å². The highest BCUT2D eigenvalue weighted by molar-refractivity contribution is 6.04. The average molecular weight is 445 g/mol. The van der Waals surface area contributed by atoms with Crippen LogP contribution >= 0.6 is 0 Å². The van der Waals surface area contributed by atoms with Gasteiger partial charge < -0.3 is 20.3 Å². The molecule has 2 aliphatic heterocycles. The maximum atomic E-state index is 13.1.